The Morgan fingerprint density at radius 3 is 2.55 bits per heavy atom. The van der Waals surface area contributed by atoms with Crippen molar-refractivity contribution in [3.05, 3.63) is 51.0 Å². The number of hydrogen-bond donors (Lipinski definition) is 0. The Morgan fingerprint density at radius 2 is 1.90 bits per heavy atom. The average Bonchev–Trinajstić information content (AvgIpc) is 3.16. The standard InChI is InChI=1S/C20H17Cl2NO5S/c1-20(2,3)28-17(24)10-23-18(25)16(29-19(23)26)9-12-5-7-15(27-12)11-4-6-13(21)14(22)8-11/h4-9H,10H2,1-3H3. The third kappa shape index (κ3) is 5.23. The van der Waals surface area contributed by atoms with Gasteiger partial charge in [-0.05, 0) is 62.9 Å². The van der Waals surface area contributed by atoms with Crippen LogP contribution >= 0.6 is 35.0 Å². The molecule has 1 aromatic heterocycles. The zero-order chi connectivity index (χ0) is 21.3. The van der Waals surface area contributed by atoms with Crippen molar-refractivity contribution in [1.82, 2.24) is 4.90 Å². The Morgan fingerprint density at radius 1 is 1.17 bits per heavy atom. The first-order chi connectivity index (χ1) is 13.5. The van der Waals surface area contributed by atoms with Crippen molar-refractivity contribution in [1.29, 1.82) is 0 Å². The zero-order valence-corrected chi connectivity index (χ0v) is 18.2. The molecule has 29 heavy (non-hydrogen) atoms. The number of imide groups is 1. The van der Waals surface area contributed by atoms with Crippen LogP contribution in [-0.4, -0.2) is 34.2 Å². The highest BCUT2D eigenvalue weighted by molar-refractivity contribution is 8.18. The molecule has 0 aliphatic carbocycles. The van der Waals surface area contributed by atoms with Gasteiger partial charge in [0, 0.05) is 11.6 Å². The molecule has 2 heterocycles. The van der Waals surface area contributed by atoms with Gasteiger partial charge in [-0.3, -0.25) is 19.3 Å². The highest BCUT2D eigenvalue weighted by atomic mass is 35.5. The lowest BCUT2D eigenvalue weighted by Gasteiger charge is -2.21. The molecular weight excluding hydrogens is 437 g/mol. The number of furan rings is 1. The molecule has 152 valence electrons. The summed E-state index contributed by atoms with van der Waals surface area (Å²) in [6.07, 6.45) is 1.46. The van der Waals surface area contributed by atoms with Gasteiger partial charge in [-0.2, -0.15) is 0 Å². The van der Waals surface area contributed by atoms with Crippen LogP contribution < -0.4 is 0 Å². The summed E-state index contributed by atoms with van der Waals surface area (Å²) in [5.74, 6) is -0.309. The van der Waals surface area contributed by atoms with Gasteiger partial charge in [-0.25, -0.2) is 0 Å². The van der Waals surface area contributed by atoms with Crippen molar-refractivity contribution < 1.29 is 23.5 Å². The third-order valence-electron chi connectivity index (χ3n) is 3.69. The van der Waals surface area contributed by atoms with Gasteiger partial charge in [-0.15, -0.1) is 0 Å². The number of amides is 2. The minimum absolute atomic E-state index is 0.161. The molecule has 2 amide bonds. The molecule has 9 heteroatoms. The predicted octanol–water partition coefficient (Wildman–Crippen LogP) is 5.63. The summed E-state index contributed by atoms with van der Waals surface area (Å²) >= 11 is 12.7. The fourth-order valence-electron chi connectivity index (χ4n) is 2.50. The first-order valence-corrected chi connectivity index (χ1v) is 10.1. The zero-order valence-electron chi connectivity index (χ0n) is 15.8. The molecule has 0 N–H and O–H groups in total. The number of halogens is 2. The Labute approximate surface area is 181 Å². The van der Waals surface area contributed by atoms with Crippen molar-refractivity contribution >= 4 is 58.2 Å². The molecule has 1 aromatic carbocycles. The van der Waals surface area contributed by atoms with Crippen LogP contribution in [0.2, 0.25) is 10.0 Å². The number of rotatable bonds is 4. The van der Waals surface area contributed by atoms with Gasteiger partial charge in [0.05, 0.1) is 15.0 Å². The molecule has 0 bridgehead atoms. The van der Waals surface area contributed by atoms with E-state index >= 15 is 0 Å². The SMILES string of the molecule is CC(C)(C)OC(=O)CN1C(=O)SC(=Cc2ccc(-c3ccc(Cl)c(Cl)c3)o2)C1=O. The number of carbonyl (C=O) groups is 3. The second kappa shape index (κ2) is 8.26. The fourth-order valence-corrected chi connectivity index (χ4v) is 3.62. The lowest BCUT2D eigenvalue weighted by atomic mass is 10.2. The van der Waals surface area contributed by atoms with Gasteiger partial charge < -0.3 is 9.15 Å². The molecule has 1 saturated heterocycles. The predicted molar refractivity (Wildman–Crippen MR) is 113 cm³/mol. The van der Waals surface area contributed by atoms with E-state index in [9.17, 15) is 14.4 Å². The highest BCUT2D eigenvalue weighted by Crippen LogP contribution is 2.34. The molecule has 3 rings (SSSR count). The molecular formula is C20H17Cl2NO5S. The molecule has 0 radical (unpaired) electrons. The quantitative estimate of drug-likeness (QED) is 0.440. The van der Waals surface area contributed by atoms with E-state index in [1.807, 2.05) is 0 Å². The summed E-state index contributed by atoms with van der Waals surface area (Å²) in [5, 5.41) is 0.287. The van der Waals surface area contributed by atoms with Gasteiger partial charge in [0.25, 0.3) is 11.1 Å². The average molecular weight is 454 g/mol. The molecule has 0 atom stereocenters. The third-order valence-corrected chi connectivity index (χ3v) is 5.33. The lowest BCUT2D eigenvalue weighted by Crippen LogP contribution is -2.37. The first-order valence-electron chi connectivity index (χ1n) is 8.56. The maximum Gasteiger partial charge on any atom is 0.326 e. The van der Waals surface area contributed by atoms with Crippen LogP contribution in [0.15, 0.2) is 39.7 Å². The second-order valence-corrected chi connectivity index (χ2v) is 8.99. The maximum atomic E-state index is 12.5. The number of benzene rings is 1. The van der Waals surface area contributed by atoms with E-state index in [-0.39, 0.29) is 4.91 Å². The molecule has 0 spiro atoms. The summed E-state index contributed by atoms with van der Waals surface area (Å²) in [4.78, 5) is 37.6. The molecule has 2 aromatic rings. The number of hydrogen-bond acceptors (Lipinski definition) is 6. The smallest absolute Gasteiger partial charge is 0.326 e. The number of nitrogens with zero attached hydrogens (tertiary/aromatic N) is 1. The van der Waals surface area contributed by atoms with Crippen LogP contribution in [0, 0.1) is 0 Å². The van der Waals surface area contributed by atoms with Crippen LogP contribution in [0.5, 0.6) is 0 Å². The first kappa shape index (κ1) is 21.5. The number of thioether (sulfide) groups is 1. The van der Waals surface area contributed by atoms with Crippen LogP contribution in [0.1, 0.15) is 26.5 Å². The lowest BCUT2D eigenvalue weighted by molar-refractivity contribution is -0.156. The second-order valence-electron chi connectivity index (χ2n) is 7.19. The van der Waals surface area contributed by atoms with Crippen LogP contribution in [0.4, 0.5) is 4.79 Å². The molecule has 6 nitrogen and oxygen atoms in total. The van der Waals surface area contributed by atoms with Crippen molar-refractivity contribution in [3.63, 3.8) is 0 Å². The van der Waals surface area contributed by atoms with Crippen molar-refractivity contribution in [2.75, 3.05) is 6.54 Å². The number of esters is 1. The van der Waals surface area contributed by atoms with Crippen LogP contribution in [-0.2, 0) is 14.3 Å². The molecule has 0 unspecified atom stereocenters. The number of carbonyl (C=O) groups excluding carboxylic acids is 3. The van der Waals surface area contributed by atoms with Gasteiger partial charge in [0.1, 0.15) is 23.7 Å². The van der Waals surface area contributed by atoms with Crippen LogP contribution in [0.3, 0.4) is 0 Å². The Kier molecular flexibility index (Phi) is 6.12. The summed E-state index contributed by atoms with van der Waals surface area (Å²) in [6.45, 7) is 4.69. The van der Waals surface area contributed by atoms with Crippen molar-refractivity contribution in [2.24, 2.45) is 0 Å². The van der Waals surface area contributed by atoms with E-state index in [1.54, 1.807) is 51.1 Å². The van der Waals surface area contributed by atoms with Gasteiger partial charge in [0.2, 0.25) is 0 Å². The van der Waals surface area contributed by atoms with E-state index in [0.717, 1.165) is 22.2 Å². The monoisotopic (exact) mass is 453 g/mol. The molecule has 1 fully saturated rings. The van der Waals surface area contributed by atoms with Crippen molar-refractivity contribution in [3.8, 4) is 11.3 Å². The largest absolute Gasteiger partial charge is 0.459 e. The summed E-state index contributed by atoms with van der Waals surface area (Å²) in [6, 6.07) is 8.46. The number of ether oxygens (including phenoxy) is 1. The molecule has 0 saturated carbocycles. The summed E-state index contributed by atoms with van der Waals surface area (Å²) in [5.41, 5.74) is 0.0150. The van der Waals surface area contributed by atoms with E-state index in [1.165, 1.54) is 6.08 Å². The maximum absolute atomic E-state index is 12.5. The van der Waals surface area contributed by atoms with Crippen molar-refractivity contribution in [2.45, 2.75) is 26.4 Å². The Balaban J connectivity index is 1.75. The van der Waals surface area contributed by atoms with Crippen LogP contribution in [0.25, 0.3) is 17.4 Å². The summed E-state index contributed by atoms with van der Waals surface area (Å²) in [7, 11) is 0. The normalized spacial score (nSPS) is 16.0. The Bertz CT molecular complexity index is 1020. The van der Waals surface area contributed by atoms with Gasteiger partial charge >= 0.3 is 5.97 Å². The topological polar surface area (TPSA) is 76.8 Å². The molecule has 1 aliphatic rings. The molecule has 1 aliphatic heterocycles. The highest BCUT2D eigenvalue weighted by Gasteiger charge is 2.37. The van der Waals surface area contributed by atoms with Gasteiger partial charge in [-0.1, -0.05) is 23.2 Å². The minimum atomic E-state index is -0.705. The fraction of sp³-hybridized carbons (Fsp3) is 0.250. The minimum Gasteiger partial charge on any atom is -0.459 e. The van der Waals surface area contributed by atoms with E-state index < -0.39 is 29.3 Å². The Hall–Kier alpha value is -2.22. The summed E-state index contributed by atoms with van der Waals surface area (Å²) < 4.78 is 10.9. The van der Waals surface area contributed by atoms with E-state index in [4.69, 9.17) is 32.4 Å². The van der Waals surface area contributed by atoms with E-state index in [2.05, 4.69) is 0 Å². The van der Waals surface area contributed by atoms with E-state index in [0.29, 0.717) is 21.6 Å². The van der Waals surface area contributed by atoms with Gasteiger partial charge in [0.15, 0.2) is 0 Å².